The van der Waals surface area contributed by atoms with Crippen molar-refractivity contribution in [2.45, 2.75) is 17.9 Å². The van der Waals surface area contributed by atoms with E-state index in [1.54, 1.807) is 11.8 Å². The summed E-state index contributed by atoms with van der Waals surface area (Å²) in [4.78, 5) is 14.4. The van der Waals surface area contributed by atoms with Gasteiger partial charge in [-0.05, 0) is 12.5 Å². The predicted octanol–water partition coefficient (Wildman–Crippen LogP) is 1.76. The van der Waals surface area contributed by atoms with Crippen LogP contribution in [0.1, 0.15) is 12.5 Å². The third kappa shape index (κ3) is 6.08. The standard InChI is InChI=1S/C16H24N2O2S/c1-14(21-13-15-5-3-2-4-6-15)16(19)17-7-8-18-9-11-20-12-10-18/h2-6,14H,7-13H2,1H3,(H,17,19)/t14-/m0/s1. The van der Waals surface area contributed by atoms with Crippen LogP contribution < -0.4 is 5.32 Å². The van der Waals surface area contributed by atoms with Gasteiger partial charge in [-0.1, -0.05) is 30.3 Å². The monoisotopic (exact) mass is 308 g/mol. The van der Waals surface area contributed by atoms with Gasteiger partial charge < -0.3 is 10.1 Å². The van der Waals surface area contributed by atoms with Gasteiger partial charge in [-0.15, -0.1) is 11.8 Å². The molecule has 116 valence electrons. The van der Waals surface area contributed by atoms with Crippen molar-refractivity contribution >= 4 is 17.7 Å². The van der Waals surface area contributed by atoms with Crippen molar-refractivity contribution in [3.8, 4) is 0 Å². The third-order valence-corrected chi connectivity index (χ3v) is 4.76. The Morgan fingerprint density at radius 1 is 1.33 bits per heavy atom. The van der Waals surface area contributed by atoms with Crippen molar-refractivity contribution in [2.75, 3.05) is 39.4 Å². The molecular formula is C16H24N2O2S. The molecule has 5 heteroatoms. The largest absolute Gasteiger partial charge is 0.379 e. The molecule has 0 bridgehead atoms. The summed E-state index contributed by atoms with van der Waals surface area (Å²) in [5.41, 5.74) is 1.26. The van der Waals surface area contributed by atoms with Crippen LogP contribution in [0.15, 0.2) is 30.3 Å². The van der Waals surface area contributed by atoms with Crippen molar-refractivity contribution in [1.82, 2.24) is 10.2 Å². The van der Waals surface area contributed by atoms with Crippen LogP contribution in [0, 0.1) is 0 Å². The normalized spacial score (nSPS) is 17.4. The fourth-order valence-electron chi connectivity index (χ4n) is 2.18. The first kappa shape index (κ1) is 16.3. The SMILES string of the molecule is C[C@H](SCc1ccccc1)C(=O)NCCN1CCOCC1. The first-order chi connectivity index (χ1) is 10.3. The number of nitrogens with one attached hydrogen (secondary N) is 1. The molecule has 2 rings (SSSR count). The second kappa shape index (κ2) is 9.07. The number of amides is 1. The van der Waals surface area contributed by atoms with E-state index in [4.69, 9.17) is 4.74 Å². The molecule has 1 aromatic rings. The summed E-state index contributed by atoms with van der Waals surface area (Å²) in [6, 6.07) is 10.3. The molecule has 1 amide bonds. The summed E-state index contributed by atoms with van der Waals surface area (Å²) >= 11 is 1.68. The molecule has 1 heterocycles. The lowest BCUT2D eigenvalue weighted by Gasteiger charge is -2.26. The van der Waals surface area contributed by atoms with Gasteiger partial charge in [-0.3, -0.25) is 9.69 Å². The average Bonchev–Trinajstić information content (AvgIpc) is 2.54. The second-order valence-corrected chi connectivity index (χ2v) is 6.51. The maximum absolute atomic E-state index is 12.0. The highest BCUT2D eigenvalue weighted by Crippen LogP contribution is 2.17. The van der Waals surface area contributed by atoms with Gasteiger partial charge in [-0.2, -0.15) is 0 Å². The van der Waals surface area contributed by atoms with E-state index in [-0.39, 0.29) is 11.2 Å². The van der Waals surface area contributed by atoms with E-state index in [1.807, 2.05) is 25.1 Å². The Hall–Kier alpha value is -1.04. The van der Waals surface area contributed by atoms with Crippen molar-refractivity contribution in [2.24, 2.45) is 0 Å². The van der Waals surface area contributed by atoms with E-state index < -0.39 is 0 Å². The van der Waals surface area contributed by atoms with Gasteiger partial charge in [0.15, 0.2) is 0 Å². The van der Waals surface area contributed by atoms with Crippen LogP contribution in [-0.4, -0.2) is 55.4 Å². The molecule has 1 atom stereocenters. The lowest BCUT2D eigenvalue weighted by Crippen LogP contribution is -2.42. The smallest absolute Gasteiger partial charge is 0.232 e. The number of ether oxygens (including phenoxy) is 1. The minimum absolute atomic E-state index is 0.0186. The maximum Gasteiger partial charge on any atom is 0.232 e. The van der Waals surface area contributed by atoms with Gasteiger partial charge in [0.05, 0.1) is 18.5 Å². The number of benzene rings is 1. The van der Waals surface area contributed by atoms with Crippen molar-refractivity contribution < 1.29 is 9.53 Å². The van der Waals surface area contributed by atoms with Gasteiger partial charge in [0.25, 0.3) is 0 Å². The Labute approximate surface area is 131 Å². The number of carbonyl (C=O) groups is 1. The molecule has 1 aliphatic rings. The van der Waals surface area contributed by atoms with Crippen LogP contribution in [0.4, 0.5) is 0 Å². The van der Waals surface area contributed by atoms with Gasteiger partial charge in [0.1, 0.15) is 0 Å². The Morgan fingerprint density at radius 2 is 2.05 bits per heavy atom. The molecular weight excluding hydrogens is 284 g/mol. The molecule has 0 unspecified atom stereocenters. The third-order valence-electron chi connectivity index (χ3n) is 3.54. The second-order valence-electron chi connectivity index (χ2n) is 5.18. The van der Waals surface area contributed by atoms with Crippen molar-refractivity contribution in [3.63, 3.8) is 0 Å². The zero-order valence-corrected chi connectivity index (χ0v) is 13.4. The first-order valence-electron chi connectivity index (χ1n) is 7.49. The van der Waals surface area contributed by atoms with E-state index in [9.17, 15) is 4.79 Å². The molecule has 0 aliphatic carbocycles. The quantitative estimate of drug-likeness (QED) is 0.833. The summed E-state index contributed by atoms with van der Waals surface area (Å²) in [5, 5.41) is 3.01. The van der Waals surface area contributed by atoms with Crippen LogP contribution >= 0.6 is 11.8 Å². The van der Waals surface area contributed by atoms with E-state index >= 15 is 0 Å². The number of thioether (sulfide) groups is 1. The minimum atomic E-state index is -0.0186. The van der Waals surface area contributed by atoms with Crippen LogP contribution in [0.2, 0.25) is 0 Å². The molecule has 0 radical (unpaired) electrons. The molecule has 0 saturated carbocycles. The van der Waals surface area contributed by atoms with E-state index in [2.05, 4.69) is 22.3 Å². The minimum Gasteiger partial charge on any atom is -0.379 e. The lowest BCUT2D eigenvalue weighted by atomic mass is 10.2. The molecule has 1 N–H and O–H groups in total. The van der Waals surface area contributed by atoms with Gasteiger partial charge >= 0.3 is 0 Å². The molecule has 1 aromatic carbocycles. The molecule has 1 aliphatic heterocycles. The Bertz CT molecular complexity index is 422. The summed E-state index contributed by atoms with van der Waals surface area (Å²) < 4.78 is 5.31. The zero-order chi connectivity index (χ0) is 14.9. The number of carbonyl (C=O) groups excluding carboxylic acids is 1. The van der Waals surface area contributed by atoms with Crippen LogP contribution in [-0.2, 0) is 15.3 Å². The van der Waals surface area contributed by atoms with E-state index in [0.29, 0.717) is 0 Å². The van der Waals surface area contributed by atoms with Crippen LogP contribution in [0.3, 0.4) is 0 Å². The molecule has 0 aromatic heterocycles. The Kier molecular flexibility index (Phi) is 7.06. The summed E-state index contributed by atoms with van der Waals surface area (Å²) in [7, 11) is 0. The number of nitrogens with zero attached hydrogens (tertiary/aromatic N) is 1. The fourth-order valence-corrected chi connectivity index (χ4v) is 3.05. The molecule has 1 fully saturated rings. The predicted molar refractivity (Wildman–Crippen MR) is 87.5 cm³/mol. The lowest BCUT2D eigenvalue weighted by molar-refractivity contribution is -0.120. The molecule has 21 heavy (non-hydrogen) atoms. The topological polar surface area (TPSA) is 41.6 Å². The number of morpholine rings is 1. The fraction of sp³-hybridized carbons (Fsp3) is 0.562. The summed E-state index contributed by atoms with van der Waals surface area (Å²) in [5.74, 6) is 1.00. The van der Waals surface area contributed by atoms with E-state index in [0.717, 1.165) is 45.1 Å². The first-order valence-corrected chi connectivity index (χ1v) is 8.54. The molecule has 0 spiro atoms. The van der Waals surface area contributed by atoms with Gasteiger partial charge in [0, 0.05) is 31.9 Å². The van der Waals surface area contributed by atoms with Crippen molar-refractivity contribution in [1.29, 1.82) is 0 Å². The Balaban J connectivity index is 1.60. The highest BCUT2D eigenvalue weighted by Gasteiger charge is 2.14. The molecule has 1 saturated heterocycles. The van der Waals surface area contributed by atoms with E-state index in [1.165, 1.54) is 5.56 Å². The molecule has 4 nitrogen and oxygen atoms in total. The van der Waals surface area contributed by atoms with Crippen molar-refractivity contribution in [3.05, 3.63) is 35.9 Å². The number of rotatable bonds is 7. The maximum atomic E-state index is 12.0. The highest BCUT2D eigenvalue weighted by molar-refractivity contribution is 7.99. The highest BCUT2D eigenvalue weighted by atomic mass is 32.2. The van der Waals surface area contributed by atoms with Crippen LogP contribution in [0.25, 0.3) is 0 Å². The summed E-state index contributed by atoms with van der Waals surface area (Å²) in [6.45, 7) is 7.13. The number of hydrogen-bond acceptors (Lipinski definition) is 4. The summed E-state index contributed by atoms with van der Waals surface area (Å²) in [6.07, 6.45) is 0. The number of hydrogen-bond donors (Lipinski definition) is 1. The van der Waals surface area contributed by atoms with Crippen LogP contribution in [0.5, 0.6) is 0 Å². The van der Waals surface area contributed by atoms with Gasteiger partial charge in [-0.25, -0.2) is 0 Å². The zero-order valence-electron chi connectivity index (χ0n) is 12.6. The van der Waals surface area contributed by atoms with Gasteiger partial charge in [0.2, 0.25) is 5.91 Å². The average molecular weight is 308 g/mol. The Morgan fingerprint density at radius 3 is 2.76 bits per heavy atom.